The van der Waals surface area contributed by atoms with Gasteiger partial charge in [0.05, 0.1) is 6.61 Å². The first kappa shape index (κ1) is 10.5. The molecule has 1 atom stereocenters. The highest BCUT2D eigenvalue weighted by atomic mass is 16.5. The summed E-state index contributed by atoms with van der Waals surface area (Å²) >= 11 is 0. The van der Waals surface area contributed by atoms with Crippen LogP contribution in [0.1, 0.15) is 13.3 Å². The Morgan fingerprint density at radius 3 is 3.00 bits per heavy atom. The van der Waals surface area contributed by atoms with Crippen molar-refractivity contribution in [1.29, 1.82) is 0 Å². The number of ether oxygens (including phenoxy) is 1. The lowest BCUT2D eigenvalue weighted by molar-refractivity contribution is -0.134. The molecule has 0 saturated carbocycles. The van der Waals surface area contributed by atoms with Gasteiger partial charge in [0.1, 0.15) is 0 Å². The molecule has 1 unspecified atom stereocenters. The Labute approximate surface area is 79.0 Å². The topological polar surface area (TPSA) is 55.6 Å². The van der Waals surface area contributed by atoms with E-state index in [4.69, 9.17) is 10.5 Å². The molecule has 1 rings (SSSR count). The summed E-state index contributed by atoms with van der Waals surface area (Å²) in [6.07, 6.45) is 0.934. The molecule has 0 aromatic heterocycles. The standard InChI is InChI=1S/C9H18N2O2/c1-8(7-10)9(12)11-3-2-5-13-6-4-11/h8H,2-7,10H2,1H3. The minimum absolute atomic E-state index is 0.0573. The molecule has 1 amide bonds. The number of carbonyl (C=O) groups is 1. The quantitative estimate of drug-likeness (QED) is 0.651. The second-order valence-corrected chi connectivity index (χ2v) is 3.43. The fraction of sp³-hybridized carbons (Fsp3) is 0.889. The lowest BCUT2D eigenvalue weighted by Crippen LogP contribution is -2.39. The summed E-state index contributed by atoms with van der Waals surface area (Å²) in [6.45, 7) is 5.24. The molecule has 4 nitrogen and oxygen atoms in total. The zero-order chi connectivity index (χ0) is 9.68. The molecule has 1 heterocycles. The predicted molar refractivity (Wildman–Crippen MR) is 50.2 cm³/mol. The van der Waals surface area contributed by atoms with E-state index in [0.29, 0.717) is 19.7 Å². The fourth-order valence-corrected chi connectivity index (χ4v) is 1.38. The smallest absolute Gasteiger partial charge is 0.226 e. The lowest BCUT2D eigenvalue weighted by atomic mass is 10.1. The molecule has 1 aliphatic heterocycles. The SMILES string of the molecule is CC(CN)C(=O)N1CCCOCC1. The maximum absolute atomic E-state index is 11.7. The molecule has 0 spiro atoms. The second kappa shape index (κ2) is 5.19. The van der Waals surface area contributed by atoms with Crippen LogP contribution in [0.4, 0.5) is 0 Å². The van der Waals surface area contributed by atoms with Gasteiger partial charge in [-0.2, -0.15) is 0 Å². The predicted octanol–water partition coefficient (Wildman–Crippen LogP) is -0.170. The maximum atomic E-state index is 11.7. The molecule has 0 aliphatic carbocycles. The van der Waals surface area contributed by atoms with Gasteiger partial charge in [-0.15, -0.1) is 0 Å². The zero-order valence-corrected chi connectivity index (χ0v) is 8.16. The van der Waals surface area contributed by atoms with E-state index in [0.717, 1.165) is 19.6 Å². The molecule has 4 heteroatoms. The Kier molecular flexibility index (Phi) is 4.18. The molecule has 1 fully saturated rings. The normalized spacial score (nSPS) is 20.9. The molecule has 76 valence electrons. The monoisotopic (exact) mass is 186 g/mol. The minimum atomic E-state index is -0.0573. The summed E-state index contributed by atoms with van der Waals surface area (Å²) in [4.78, 5) is 13.5. The van der Waals surface area contributed by atoms with E-state index in [2.05, 4.69) is 0 Å². The average Bonchev–Trinajstić information content (AvgIpc) is 2.43. The molecule has 0 bridgehead atoms. The molecular weight excluding hydrogens is 168 g/mol. The number of amides is 1. The first-order valence-electron chi connectivity index (χ1n) is 4.82. The highest BCUT2D eigenvalue weighted by Crippen LogP contribution is 2.05. The summed E-state index contributed by atoms with van der Waals surface area (Å²) < 4.78 is 5.26. The number of hydrogen-bond acceptors (Lipinski definition) is 3. The summed E-state index contributed by atoms with van der Waals surface area (Å²) in [5.41, 5.74) is 5.44. The van der Waals surface area contributed by atoms with Gasteiger partial charge in [0.15, 0.2) is 0 Å². The molecule has 1 saturated heterocycles. The number of nitrogens with zero attached hydrogens (tertiary/aromatic N) is 1. The highest BCUT2D eigenvalue weighted by Gasteiger charge is 2.19. The summed E-state index contributed by atoms with van der Waals surface area (Å²) in [5, 5.41) is 0. The molecular formula is C9H18N2O2. The van der Waals surface area contributed by atoms with E-state index < -0.39 is 0 Å². The van der Waals surface area contributed by atoms with Gasteiger partial charge in [0, 0.05) is 32.2 Å². The van der Waals surface area contributed by atoms with Crippen LogP contribution in [-0.2, 0) is 9.53 Å². The number of nitrogens with two attached hydrogens (primary N) is 1. The summed E-state index contributed by atoms with van der Waals surface area (Å²) in [6, 6.07) is 0. The third-order valence-electron chi connectivity index (χ3n) is 2.31. The third kappa shape index (κ3) is 2.97. The molecule has 0 radical (unpaired) electrons. The molecule has 13 heavy (non-hydrogen) atoms. The first-order chi connectivity index (χ1) is 6.25. The van der Waals surface area contributed by atoms with E-state index in [1.807, 2.05) is 11.8 Å². The Balaban J connectivity index is 2.43. The second-order valence-electron chi connectivity index (χ2n) is 3.43. The van der Waals surface area contributed by atoms with Gasteiger partial charge in [-0.1, -0.05) is 6.92 Å². The van der Waals surface area contributed by atoms with Gasteiger partial charge in [-0.05, 0) is 6.42 Å². The van der Waals surface area contributed by atoms with Crippen molar-refractivity contribution in [1.82, 2.24) is 4.90 Å². The fourth-order valence-electron chi connectivity index (χ4n) is 1.38. The van der Waals surface area contributed by atoms with E-state index in [1.165, 1.54) is 0 Å². The van der Waals surface area contributed by atoms with Crippen LogP contribution in [-0.4, -0.2) is 43.7 Å². The van der Waals surface area contributed by atoms with Crippen LogP contribution in [0.15, 0.2) is 0 Å². The highest BCUT2D eigenvalue weighted by molar-refractivity contribution is 5.78. The molecule has 1 aliphatic rings. The van der Waals surface area contributed by atoms with Crippen LogP contribution < -0.4 is 5.73 Å². The van der Waals surface area contributed by atoms with Crippen LogP contribution in [0.3, 0.4) is 0 Å². The Bertz CT molecular complexity index is 165. The van der Waals surface area contributed by atoms with Gasteiger partial charge in [0.2, 0.25) is 5.91 Å². The number of carbonyl (C=O) groups excluding carboxylic acids is 1. The summed E-state index contributed by atoms with van der Waals surface area (Å²) in [5.74, 6) is 0.103. The lowest BCUT2D eigenvalue weighted by Gasteiger charge is -2.22. The van der Waals surface area contributed by atoms with Crippen LogP contribution in [0.5, 0.6) is 0 Å². The average molecular weight is 186 g/mol. The van der Waals surface area contributed by atoms with Crippen molar-refractivity contribution in [3.63, 3.8) is 0 Å². The van der Waals surface area contributed by atoms with E-state index in [1.54, 1.807) is 0 Å². The van der Waals surface area contributed by atoms with Gasteiger partial charge in [-0.25, -0.2) is 0 Å². The van der Waals surface area contributed by atoms with Crippen molar-refractivity contribution in [2.24, 2.45) is 11.7 Å². The van der Waals surface area contributed by atoms with Crippen molar-refractivity contribution in [2.75, 3.05) is 32.8 Å². The summed E-state index contributed by atoms with van der Waals surface area (Å²) in [7, 11) is 0. The number of hydrogen-bond donors (Lipinski definition) is 1. The molecule has 0 aromatic carbocycles. The minimum Gasteiger partial charge on any atom is -0.380 e. The van der Waals surface area contributed by atoms with Crippen LogP contribution in [0, 0.1) is 5.92 Å². The largest absolute Gasteiger partial charge is 0.380 e. The van der Waals surface area contributed by atoms with Crippen molar-refractivity contribution in [3.8, 4) is 0 Å². The van der Waals surface area contributed by atoms with Gasteiger partial charge >= 0.3 is 0 Å². The zero-order valence-electron chi connectivity index (χ0n) is 8.16. The van der Waals surface area contributed by atoms with Crippen LogP contribution >= 0.6 is 0 Å². The van der Waals surface area contributed by atoms with Gasteiger partial charge in [-0.3, -0.25) is 4.79 Å². The molecule has 2 N–H and O–H groups in total. The van der Waals surface area contributed by atoms with E-state index in [9.17, 15) is 4.79 Å². The van der Waals surface area contributed by atoms with Crippen LogP contribution in [0.2, 0.25) is 0 Å². The Morgan fingerprint density at radius 2 is 2.31 bits per heavy atom. The van der Waals surface area contributed by atoms with Gasteiger partial charge < -0.3 is 15.4 Å². The van der Waals surface area contributed by atoms with Crippen molar-refractivity contribution < 1.29 is 9.53 Å². The number of rotatable bonds is 2. The van der Waals surface area contributed by atoms with Gasteiger partial charge in [0.25, 0.3) is 0 Å². The third-order valence-corrected chi connectivity index (χ3v) is 2.31. The van der Waals surface area contributed by atoms with Crippen LogP contribution in [0.25, 0.3) is 0 Å². The molecule has 0 aromatic rings. The maximum Gasteiger partial charge on any atom is 0.226 e. The van der Waals surface area contributed by atoms with E-state index >= 15 is 0 Å². The van der Waals surface area contributed by atoms with E-state index in [-0.39, 0.29) is 11.8 Å². The van der Waals surface area contributed by atoms with Crippen molar-refractivity contribution in [2.45, 2.75) is 13.3 Å². The van der Waals surface area contributed by atoms with Crippen molar-refractivity contribution >= 4 is 5.91 Å². The Morgan fingerprint density at radius 1 is 1.54 bits per heavy atom. The first-order valence-corrected chi connectivity index (χ1v) is 4.82. The Hall–Kier alpha value is -0.610. The van der Waals surface area contributed by atoms with Crippen molar-refractivity contribution in [3.05, 3.63) is 0 Å².